The van der Waals surface area contributed by atoms with Crippen LogP contribution in [0, 0.1) is 12.7 Å². The molecule has 3 rings (SSSR count). The molecule has 1 atom stereocenters. The van der Waals surface area contributed by atoms with Gasteiger partial charge in [0, 0.05) is 12.5 Å². The maximum atomic E-state index is 13.7. The van der Waals surface area contributed by atoms with Gasteiger partial charge in [-0.15, -0.1) is 0 Å². The van der Waals surface area contributed by atoms with Gasteiger partial charge in [-0.05, 0) is 36.8 Å². The number of ether oxygens (including phenoxy) is 2. The monoisotopic (exact) mass is 417 g/mol. The Morgan fingerprint density at radius 2 is 2.03 bits per heavy atom. The molecule has 2 aromatic rings. The Kier molecular flexibility index (Phi) is 6.38. The molecule has 1 aliphatic heterocycles. The van der Waals surface area contributed by atoms with Gasteiger partial charge in [-0.3, -0.25) is 9.59 Å². The number of rotatable bonds is 6. The summed E-state index contributed by atoms with van der Waals surface area (Å²) in [6.45, 7) is 1.66. The third kappa shape index (κ3) is 5.05. The zero-order chi connectivity index (χ0) is 21.0. The number of aliphatic imine (C=N–C) groups is 1. The number of hydrogen-bond donors (Lipinski definition) is 2. The maximum Gasteiger partial charge on any atom is 0.240 e. The summed E-state index contributed by atoms with van der Waals surface area (Å²) in [5, 5.41) is 5.05. The van der Waals surface area contributed by atoms with Gasteiger partial charge in [0.15, 0.2) is 5.17 Å². The highest BCUT2D eigenvalue weighted by atomic mass is 32.2. The molecule has 1 heterocycles. The van der Waals surface area contributed by atoms with Crippen molar-refractivity contribution < 1.29 is 23.5 Å². The fourth-order valence-electron chi connectivity index (χ4n) is 2.64. The van der Waals surface area contributed by atoms with Crippen LogP contribution in [0.4, 0.5) is 15.8 Å². The molecule has 2 aromatic carbocycles. The number of aryl methyl sites for hydroxylation is 1. The second-order valence-electron chi connectivity index (χ2n) is 6.26. The molecule has 29 heavy (non-hydrogen) atoms. The molecule has 1 saturated heterocycles. The van der Waals surface area contributed by atoms with Crippen molar-refractivity contribution in [1.82, 2.24) is 5.32 Å². The minimum absolute atomic E-state index is 0.0574. The van der Waals surface area contributed by atoms with Gasteiger partial charge in [0.1, 0.15) is 22.6 Å². The molecule has 2 N–H and O–H groups in total. The van der Waals surface area contributed by atoms with E-state index in [1.54, 1.807) is 37.3 Å². The van der Waals surface area contributed by atoms with Crippen molar-refractivity contribution in [3.63, 3.8) is 0 Å². The molecule has 0 aliphatic carbocycles. The Hall–Kier alpha value is -3.07. The van der Waals surface area contributed by atoms with Crippen LogP contribution in [0.15, 0.2) is 41.4 Å². The van der Waals surface area contributed by atoms with Gasteiger partial charge in [0.25, 0.3) is 0 Å². The number of amidine groups is 1. The van der Waals surface area contributed by atoms with Crippen molar-refractivity contribution in [3.8, 4) is 11.5 Å². The van der Waals surface area contributed by atoms with E-state index in [9.17, 15) is 14.0 Å². The highest BCUT2D eigenvalue weighted by molar-refractivity contribution is 8.15. The van der Waals surface area contributed by atoms with Gasteiger partial charge in [-0.2, -0.15) is 0 Å². The van der Waals surface area contributed by atoms with Crippen molar-refractivity contribution in [2.24, 2.45) is 4.99 Å². The van der Waals surface area contributed by atoms with Crippen LogP contribution < -0.4 is 20.1 Å². The quantitative estimate of drug-likeness (QED) is 0.752. The van der Waals surface area contributed by atoms with E-state index in [-0.39, 0.29) is 24.1 Å². The lowest BCUT2D eigenvalue weighted by Crippen LogP contribution is -2.28. The summed E-state index contributed by atoms with van der Waals surface area (Å²) in [6.07, 6.45) is -0.0574. The van der Waals surface area contributed by atoms with Gasteiger partial charge >= 0.3 is 0 Å². The molecule has 0 bridgehead atoms. The number of anilines is 1. The standard InChI is InChI=1S/C20H20FN3O4S/c1-11-4-5-12(8-14(11)21)22-20-24-19(26)17(29-20)10-18(25)23-15-9-13(27-2)6-7-16(15)28-3/h4-9,17H,10H2,1-3H3,(H,23,25)(H,22,24,26)/t17-/m1/s1. The number of methoxy groups -OCH3 is 2. The summed E-state index contributed by atoms with van der Waals surface area (Å²) in [6, 6.07) is 9.60. The first-order valence-corrected chi connectivity index (χ1v) is 9.62. The summed E-state index contributed by atoms with van der Waals surface area (Å²) >= 11 is 1.13. The number of carbonyl (C=O) groups is 2. The number of carbonyl (C=O) groups excluding carboxylic acids is 2. The third-order valence-electron chi connectivity index (χ3n) is 4.21. The molecule has 0 saturated carbocycles. The van der Waals surface area contributed by atoms with Gasteiger partial charge < -0.3 is 20.1 Å². The Labute approximate surface area is 171 Å². The lowest BCUT2D eigenvalue weighted by atomic mass is 10.2. The van der Waals surface area contributed by atoms with E-state index in [0.29, 0.717) is 33.6 Å². The average Bonchev–Trinajstić information content (AvgIpc) is 3.03. The van der Waals surface area contributed by atoms with Crippen LogP contribution in [0.5, 0.6) is 11.5 Å². The minimum Gasteiger partial charge on any atom is -0.497 e. The summed E-state index contributed by atoms with van der Waals surface area (Å²) in [4.78, 5) is 28.9. The zero-order valence-electron chi connectivity index (χ0n) is 16.1. The fraction of sp³-hybridized carbons (Fsp3) is 0.250. The number of hydrogen-bond acceptors (Lipinski definition) is 6. The van der Waals surface area contributed by atoms with Crippen LogP contribution in [0.2, 0.25) is 0 Å². The number of benzene rings is 2. The van der Waals surface area contributed by atoms with Gasteiger partial charge in [0.2, 0.25) is 11.8 Å². The number of amides is 2. The molecule has 9 heteroatoms. The lowest BCUT2D eigenvalue weighted by molar-refractivity contribution is -0.122. The van der Waals surface area contributed by atoms with Crippen LogP contribution in [0.1, 0.15) is 12.0 Å². The third-order valence-corrected chi connectivity index (χ3v) is 5.30. The molecule has 7 nitrogen and oxygen atoms in total. The summed E-state index contributed by atoms with van der Waals surface area (Å²) in [5.41, 5.74) is 1.35. The SMILES string of the molecule is COc1ccc(OC)c(NC(=O)C[C@H]2SC(=Nc3ccc(C)c(F)c3)NC2=O)c1. The van der Waals surface area contributed by atoms with Crippen LogP contribution in [-0.4, -0.2) is 36.5 Å². The van der Waals surface area contributed by atoms with E-state index in [1.807, 2.05) is 0 Å². The van der Waals surface area contributed by atoms with Crippen molar-refractivity contribution in [3.05, 3.63) is 47.8 Å². The molecule has 1 fully saturated rings. The fourth-order valence-corrected chi connectivity index (χ4v) is 3.63. The second kappa shape index (κ2) is 8.95. The molecule has 2 amide bonds. The molecule has 0 aromatic heterocycles. The van der Waals surface area contributed by atoms with Crippen LogP contribution in [-0.2, 0) is 9.59 Å². The molecule has 0 unspecified atom stereocenters. The molecular weight excluding hydrogens is 397 g/mol. The number of nitrogens with zero attached hydrogens (tertiary/aromatic N) is 1. The zero-order valence-corrected chi connectivity index (χ0v) is 16.9. The van der Waals surface area contributed by atoms with Gasteiger partial charge in [-0.25, -0.2) is 9.38 Å². The number of nitrogens with one attached hydrogen (secondary N) is 2. The lowest BCUT2D eigenvalue weighted by Gasteiger charge is -2.12. The smallest absolute Gasteiger partial charge is 0.240 e. The van der Waals surface area contributed by atoms with E-state index < -0.39 is 5.25 Å². The highest BCUT2D eigenvalue weighted by Crippen LogP contribution is 2.30. The first-order valence-electron chi connectivity index (χ1n) is 8.74. The highest BCUT2D eigenvalue weighted by Gasteiger charge is 2.32. The van der Waals surface area contributed by atoms with Crippen molar-refractivity contribution in [1.29, 1.82) is 0 Å². The van der Waals surface area contributed by atoms with E-state index in [1.165, 1.54) is 20.3 Å². The molecule has 0 spiro atoms. The predicted molar refractivity (Wildman–Crippen MR) is 111 cm³/mol. The first kappa shape index (κ1) is 20.7. The topological polar surface area (TPSA) is 89.0 Å². The first-order chi connectivity index (χ1) is 13.9. The van der Waals surface area contributed by atoms with Crippen LogP contribution >= 0.6 is 11.8 Å². The largest absolute Gasteiger partial charge is 0.497 e. The van der Waals surface area contributed by atoms with Crippen molar-refractivity contribution >= 4 is 40.1 Å². The predicted octanol–water partition coefficient (Wildman–Crippen LogP) is 3.40. The van der Waals surface area contributed by atoms with Crippen LogP contribution in [0.25, 0.3) is 0 Å². The summed E-state index contributed by atoms with van der Waals surface area (Å²) in [5.74, 6) is -0.00887. The Morgan fingerprint density at radius 3 is 2.72 bits per heavy atom. The van der Waals surface area contributed by atoms with E-state index in [4.69, 9.17) is 9.47 Å². The van der Waals surface area contributed by atoms with E-state index in [0.717, 1.165) is 11.8 Å². The molecule has 1 aliphatic rings. The normalized spacial score (nSPS) is 17.2. The maximum absolute atomic E-state index is 13.7. The minimum atomic E-state index is -0.638. The molecule has 152 valence electrons. The Balaban J connectivity index is 1.66. The Morgan fingerprint density at radius 1 is 1.24 bits per heavy atom. The number of thioether (sulfide) groups is 1. The van der Waals surface area contributed by atoms with Gasteiger partial charge in [0.05, 0.1) is 25.6 Å². The molecule has 0 radical (unpaired) electrons. The van der Waals surface area contributed by atoms with Crippen molar-refractivity contribution in [2.75, 3.05) is 19.5 Å². The second-order valence-corrected chi connectivity index (χ2v) is 7.46. The summed E-state index contributed by atoms with van der Waals surface area (Å²) < 4.78 is 24.1. The van der Waals surface area contributed by atoms with Gasteiger partial charge in [-0.1, -0.05) is 17.8 Å². The van der Waals surface area contributed by atoms with Crippen molar-refractivity contribution in [2.45, 2.75) is 18.6 Å². The van der Waals surface area contributed by atoms with E-state index in [2.05, 4.69) is 15.6 Å². The summed E-state index contributed by atoms with van der Waals surface area (Å²) in [7, 11) is 3.02. The van der Waals surface area contributed by atoms with Crippen LogP contribution in [0.3, 0.4) is 0 Å². The number of halogens is 1. The van der Waals surface area contributed by atoms with E-state index >= 15 is 0 Å². The average molecular weight is 417 g/mol. The Bertz CT molecular complexity index is 980. The molecular formula is C20H20FN3O4S.